The molecule has 0 saturated carbocycles. The van der Waals surface area contributed by atoms with Gasteiger partial charge in [0.15, 0.2) is 0 Å². The summed E-state index contributed by atoms with van der Waals surface area (Å²) in [6.45, 7) is 3.98. The summed E-state index contributed by atoms with van der Waals surface area (Å²) in [6.07, 6.45) is 3.13. The number of ether oxygens (including phenoxy) is 2. The monoisotopic (exact) mass is 434 g/mol. The lowest BCUT2D eigenvalue weighted by Crippen LogP contribution is -2.17. The molecule has 0 saturated heterocycles. The Hall–Kier alpha value is -3.90. The van der Waals surface area contributed by atoms with Crippen molar-refractivity contribution in [2.75, 3.05) is 6.61 Å². The molecule has 0 bridgehead atoms. The Labute approximate surface area is 184 Å². The summed E-state index contributed by atoms with van der Waals surface area (Å²) in [7, 11) is 0. The van der Waals surface area contributed by atoms with Crippen LogP contribution < -0.4 is 14.9 Å². The van der Waals surface area contributed by atoms with Gasteiger partial charge in [0.2, 0.25) is 0 Å². The van der Waals surface area contributed by atoms with Crippen LogP contribution in [0.15, 0.2) is 90.6 Å². The molecule has 0 aliphatic rings. The van der Waals surface area contributed by atoms with E-state index in [2.05, 4.69) is 17.1 Å². The molecule has 0 aromatic heterocycles. The molecule has 0 aliphatic heterocycles. The lowest BCUT2D eigenvalue weighted by Gasteiger charge is -2.05. The maximum atomic E-state index is 12.1. The third-order valence-corrected chi connectivity index (χ3v) is 4.25. The highest BCUT2D eigenvalue weighted by Gasteiger charge is 2.09. The van der Waals surface area contributed by atoms with Crippen LogP contribution in [0.2, 0.25) is 5.02 Å². The third-order valence-electron chi connectivity index (χ3n) is 4.02. The van der Waals surface area contributed by atoms with Gasteiger partial charge in [-0.2, -0.15) is 5.10 Å². The van der Waals surface area contributed by atoms with Crippen molar-refractivity contribution < 1.29 is 19.1 Å². The Morgan fingerprint density at radius 3 is 2.35 bits per heavy atom. The van der Waals surface area contributed by atoms with E-state index in [0.717, 1.165) is 5.56 Å². The number of nitrogens with zero attached hydrogens (tertiary/aromatic N) is 1. The zero-order valence-corrected chi connectivity index (χ0v) is 17.2. The summed E-state index contributed by atoms with van der Waals surface area (Å²) in [5, 5.41) is 4.40. The second-order valence-electron chi connectivity index (χ2n) is 6.29. The summed E-state index contributed by atoms with van der Waals surface area (Å²) >= 11 is 5.89. The van der Waals surface area contributed by atoms with Crippen molar-refractivity contribution in [2.24, 2.45) is 5.10 Å². The van der Waals surface area contributed by atoms with Gasteiger partial charge in [0.1, 0.15) is 18.1 Å². The molecule has 156 valence electrons. The molecule has 0 spiro atoms. The van der Waals surface area contributed by atoms with Gasteiger partial charge in [-0.3, -0.25) is 4.79 Å². The predicted octanol–water partition coefficient (Wildman–Crippen LogP) is 4.89. The van der Waals surface area contributed by atoms with Crippen molar-refractivity contribution in [2.45, 2.75) is 0 Å². The number of esters is 1. The zero-order valence-electron chi connectivity index (χ0n) is 16.5. The summed E-state index contributed by atoms with van der Waals surface area (Å²) in [5.74, 6) is 0.178. The van der Waals surface area contributed by atoms with Gasteiger partial charge < -0.3 is 9.47 Å². The van der Waals surface area contributed by atoms with Crippen molar-refractivity contribution >= 4 is 29.7 Å². The smallest absolute Gasteiger partial charge is 0.343 e. The van der Waals surface area contributed by atoms with Gasteiger partial charge >= 0.3 is 5.97 Å². The van der Waals surface area contributed by atoms with Crippen LogP contribution in [-0.4, -0.2) is 24.7 Å². The van der Waals surface area contributed by atoms with Gasteiger partial charge in [-0.1, -0.05) is 30.3 Å². The number of hydrogen-bond donors (Lipinski definition) is 1. The van der Waals surface area contributed by atoms with Gasteiger partial charge in [-0.05, 0) is 72.3 Å². The molecule has 0 radical (unpaired) electrons. The van der Waals surface area contributed by atoms with Crippen molar-refractivity contribution in [3.05, 3.63) is 107 Å². The van der Waals surface area contributed by atoms with Crippen molar-refractivity contribution in [1.29, 1.82) is 0 Å². The van der Waals surface area contributed by atoms with E-state index in [4.69, 9.17) is 21.1 Å². The van der Waals surface area contributed by atoms with Gasteiger partial charge in [0.25, 0.3) is 5.91 Å². The third kappa shape index (κ3) is 6.55. The number of rotatable bonds is 8. The lowest BCUT2D eigenvalue weighted by molar-refractivity contribution is 0.0734. The van der Waals surface area contributed by atoms with Crippen LogP contribution in [0.3, 0.4) is 0 Å². The topological polar surface area (TPSA) is 77.0 Å². The van der Waals surface area contributed by atoms with Crippen LogP contribution in [-0.2, 0) is 0 Å². The van der Waals surface area contributed by atoms with Crippen LogP contribution >= 0.6 is 11.6 Å². The second-order valence-corrected chi connectivity index (χ2v) is 6.73. The molecule has 3 aromatic carbocycles. The summed E-state index contributed by atoms with van der Waals surface area (Å²) in [5.41, 5.74) is 3.99. The average molecular weight is 435 g/mol. The Morgan fingerprint density at radius 1 is 0.968 bits per heavy atom. The van der Waals surface area contributed by atoms with E-state index in [1.165, 1.54) is 12.3 Å². The average Bonchev–Trinajstić information content (AvgIpc) is 2.79. The van der Waals surface area contributed by atoms with E-state index >= 15 is 0 Å². The molecule has 0 fully saturated rings. The Balaban J connectivity index is 1.52. The quantitative estimate of drug-likeness (QED) is 0.180. The molecule has 1 N–H and O–H groups in total. The van der Waals surface area contributed by atoms with Gasteiger partial charge in [0.05, 0.1) is 11.8 Å². The first kappa shape index (κ1) is 21.8. The molecule has 31 heavy (non-hydrogen) atoms. The molecule has 0 aliphatic carbocycles. The Kier molecular flexibility index (Phi) is 7.56. The molecule has 6 nitrogen and oxygen atoms in total. The number of amides is 1. The number of carbonyl (C=O) groups is 2. The SMILES string of the molecule is C=CCOc1ccc(C(=O)N/N=C\c2ccc(OC(=O)c3cccc(Cl)c3)cc2)cc1. The first-order valence-electron chi connectivity index (χ1n) is 9.30. The van der Waals surface area contributed by atoms with Crippen LogP contribution in [0.25, 0.3) is 0 Å². The number of benzene rings is 3. The van der Waals surface area contributed by atoms with E-state index < -0.39 is 5.97 Å². The molecule has 0 unspecified atom stereocenters. The highest BCUT2D eigenvalue weighted by atomic mass is 35.5. The molecule has 7 heteroatoms. The summed E-state index contributed by atoms with van der Waals surface area (Å²) in [6, 6.07) is 19.9. The van der Waals surface area contributed by atoms with E-state index in [-0.39, 0.29) is 5.91 Å². The highest BCUT2D eigenvalue weighted by molar-refractivity contribution is 6.30. The fourth-order valence-corrected chi connectivity index (χ4v) is 2.68. The number of carbonyl (C=O) groups excluding carboxylic acids is 2. The minimum Gasteiger partial charge on any atom is -0.490 e. The molecule has 3 rings (SSSR count). The van der Waals surface area contributed by atoms with Crippen molar-refractivity contribution in [3.8, 4) is 11.5 Å². The van der Waals surface area contributed by atoms with Crippen LogP contribution in [0.1, 0.15) is 26.3 Å². The van der Waals surface area contributed by atoms with Crippen molar-refractivity contribution in [1.82, 2.24) is 5.43 Å². The fraction of sp³-hybridized carbons (Fsp3) is 0.0417. The molecular weight excluding hydrogens is 416 g/mol. The minimum absolute atomic E-state index is 0.349. The maximum Gasteiger partial charge on any atom is 0.343 e. The van der Waals surface area contributed by atoms with Gasteiger partial charge in [-0.15, -0.1) is 0 Å². The largest absolute Gasteiger partial charge is 0.490 e. The van der Waals surface area contributed by atoms with E-state index in [1.807, 2.05) is 0 Å². The Morgan fingerprint density at radius 2 is 1.68 bits per heavy atom. The lowest BCUT2D eigenvalue weighted by atomic mass is 10.2. The zero-order chi connectivity index (χ0) is 22.1. The molecular formula is C24H19ClN2O4. The van der Waals surface area contributed by atoms with E-state index in [1.54, 1.807) is 72.8 Å². The van der Waals surface area contributed by atoms with Crippen molar-refractivity contribution in [3.63, 3.8) is 0 Å². The maximum absolute atomic E-state index is 12.1. The molecule has 0 heterocycles. The van der Waals surface area contributed by atoms with E-state index in [0.29, 0.717) is 34.3 Å². The normalized spacial score (nSPS) is 10.5. The fourth-order valence-electron chi connectivity index (χ4n) is 2.49. The number of halogens is 1. The number of hydrazone groups is 1. The standard InChI is InChI=1S/C24H19ClN2O4/c1-2-14-30-21-12-8-18(9-13-21)23(28)27-26-16-17-6-10-22(11-7-17)31-24(29)19-4-3-5-20(25)15-19/h2-13,15-16H,1,14H2,(H,27,28)/b26-16-. The van der Waals surface area contributed by atoms with Crippen LogP contribution in [0.4, 0.5) is 0 Å². The first-order valence-corrected chi connectivity index (χ1v) is 9.68. The van der Waals surface area contributed by atoms with Gasteiger partial charge in [0, 0.05) is 10.6 Å². The van der Waals surface area contributed by atoms with Crippen LogP contribution in [0, 0.1) is 0 Å². The molecule has 0 atom stereocenters. The second kappa shape index (κ2) is 10.8. The van der Waals surface area contributed by atoms with Crippen LogP contribution in [0.5, 0.6) is 11.5 Å². The highest BCUT2D eigenvalue weighted by Crippen LogP contribution is 2.16. The Bertz CT molecular complexity index is 1090. The number of hydrogen-bond acceptors (Lipinski definition) is 5. The molecule has 1 amide bonds. The summed E-state index contributed by atoms with van der Waals surface area (Å²) in [4.78, 5) is 24.3. The number of nitrogens with one attached hydrogen (secondary N) is 1. The van der Waals surface area contributed by atoms with Gasteiger partial charge in [-0.25, -0.2) is 10.2 Å². The van der Waals surface area contributed by atoms with E-state index in [9.17, 15) is 9.59 Å². The minimum atomic E-state index is -0.503. The first-order chi connectivity index (χ1) is 15.0. The molecule has 3 aromatic rings. The predicted molar refractivity (Wildman–Crippen MR) is 120 cm³/mol. The summed E-state index contributed by atoms with van der Waals surface area (Å²) < 4.78 is 10.7.